The van der Waals surface area contributed by atoms with E-state index in [0.29, 0.717) is 6.54 Å². The Labute approximate surface area is 100 Å². The third kappa shape index (κ3) is 2.21. The van der Waals surface area contributed by atoms with E-state index in [1.165, 1.54) is 29.0 Å². The standard InChI is InChI=1S/C11H17ClN2S/c1-2-4-14-5-3-8-9(6-13)11(12)15-10(8)7-14/h2-7,13H2,1H3. The van der Waals surface area contributed by atoms with Gasteiger partial charge in [0.25, 0.3) is 0 Å². The summed E-state index contributed by atoms with van der Waals surface area (Å²) >= 11 is 7.90. The van der Waals surface area contributed by atoms with Crippen LogP contribution in [-0.2, 0) is 19.5 Å². The minimum absolute atomic E-state index is 0.582. The summed E-state index contributed by atoms with van der Waals surface area (Å²) in [5, 5.41) is 0. The van der Waals surface area contributed by atoms with Crippen LogP contribution in [0.2, 0.25) is 4.34 Å². The highest BCUT2D eigenvalue weighted by Crippen LogP contribution is 2.36. The van der Waals surface area contributed by atoms with Gasteiger partial charge in [-0.3, -0.25) is 4.90 Å². The zero-order valence-corrected chi connectivity index (χ0v) is 10.6. The van der Waals surface area contributed by atoms with Gasteiger partial charge in [0.15, 0.2) is 0 Å². The Bertz CT molecular complexity index is 349. The van der Waals surface area contributed by atoms with E-state index in [2.05, 4.69) is 11.8 Å². The van der Waals surface area contributed by atoms with Crippen LogP contribution in [0.25, 0.3) is 0 Å². The van der Waals surface area contributed by atoms with Gasteiger partial charge in [0, 0.05) is 24.5 Å². The van der Waals surface area contributed by atoms with Crippen LogP contribution in [0.4, 0.5) is 0 Å². The van der Waals surface area contributed by atoms with Gasteiger partial charge < -0.3 is 5.73 Å². The molecule has 15 heavy (non-hydrogen) atoms. The van der Waals surface area contributed by atoms with Crippen LogP contribution in [-0.4, -0.2) is 18.0 Å². The monoisotopic (exact) mass is 244 g/mol. The van der Waals surface area contributed by atoms with E-state index in [4.69, 9.17) is 17.3 Å². The summed E-state index contributed by atoms with van der Waals surface area (Å²) in [4.78, 5) is 3.93. The highest BCUT2D eigenvalue weighted by Gasteiger charge is 2.22. The average molecular weight is 245 g/mol. The van der Waals surface area contributed by atoms with Crippen molar-refractivity contribution < 1.29 is 0 Å². The lowest BCUT2D eigenvalue weighted by Crippen LogP contribution is -2.30. The molecule has 0 unspecified atom stereocenters. The van der Waals surface area contributed by atoms with Crippen molar-refractivity contribution in [3.8, 4) is 0 Å². The Kier molecular flexibility index (Phi) is 3.67. The second-order valence-corrected chi connectivity index (χ2v) is 5.69. The lowest BCUT2D eigenvalue weighted by molar-refractivity contribution is 0.257. The fourth-order valence-corrected chi connectivity index (χ4v) is 3.81. The fraction of sp³-hybridized carbons (Fsp3) is 0.636. The van der Waals surface area contributed by atoms with Crippen molar-refractivity contribution in [2.75, 3.05) is 13.1 Å². The van der Waals surface area contributed by atoms with Gasteiger partial charge in [-0.15, -0.1) is 11.3 Å². The number of hydrogen-bond donors (Lipinski definition) is 1. The first-order valence-electron chi connectivity index (χ1n) is 5.47. The number of nitrogens with zero attached hydrogens (tertiary/aromatic N) is 1. The van der Waals surface area contributed by atoms with E-state index < -0.39 is 0 Å². The lowest BCUT2D eigenvalue weighted by atomic mass is 10.0. The molecule has 0 fully saturated rings. The van der Waals surface area contributed by atoms with Crippen LogP contribution >= 0.6 is 22.9 Å². The molecule has 2 N–H and O–H groups in total. The van der Waals surface area contributed by atoms with Crippen molar-refractivity contribution in [1.82, 2.24) is 4.90 Å². The Morgan fingerprint density at radius 2 is 2.33 bits per heavy atom. The first kappa shape index (κ1) is 11.4. The number of thiophene rings is 1. The van der Waals surface area contributed by atoms with E-state index >= 15 is 0 Å². The predicted molar refractivity (Wildman–Crippen MR) is 66.5 cm³/mol. The maximum atomic E-state index is 6.18. The fourth-order valence-electron chi connectivity index (χ4n) is 2.20. The van der Waals surface area contributed by atoms with Crippen LogP contribution in [0.5, 0.6) is 0 Å². The molecule has 1 aliphatic heterocycles. The summed E-state index contributed by atoms with van der Waals surface area (Å²) in [6, 6.07) is 0. The molecule has 1 aromatic heterocycles. The van der Waals surface area contributed by atoms with Crippen LogP contribution in [0.15, 0.2) is 0 Å². The molecule has 0 bridgehead atoms. The zero-order valence-electron chi connectivity index (χ0n) is 9.05. The summed E-state index contributed by atoms with van der Waals surface area (Å²) < 4.78 is 0.904. The second kappa shape index (κ2) is 4.83. The lowest BCUT2D eigenvalue weighted by Gasteiger charge is -2.26. The van der Waals surface area contributed by atoms with Crippen molar-refractivity contribution in [1.29, 1.82) is 0 Å². The molecule has 1 aliphatic rings. The van der Waals surface area contributed by atoms with Crippen LogP contribution in [0.3, 0.4) is 0 Å². The van der Waals surface area contributed by atoms with E-state index in [-0.39, 0.29) is 0 Å². The van der Waals surface area contributed by atoms with Crippen LogP contribution < -0.4 is 5.73 Å². The van der Waals surface area contributed by atoms with Crippen molar-refractivity contribution in [2.24, 2.45) is 5.73 Å². The molecule has 0 aromatic carbocycles. The van der Waals surface area contributed by atoms with Gasteiger partial charge in [0.2, 0.25) is 0 Å². The normalized spacial score (nSPS) is 16.7. The van der Waals surface area contributed by atoms with Crippen molar-refractivity contribution >= 4 is 22.9 Å². The third-order valence-corrected chi connectivity index (χ3v) is 4.45. The smallest absolute Gasteiger partial charge is 0.0979 e. The predicted octanol–water partition coefficient (Wildman–Crippen LogP) is 2.63. The van der Waals surface area contributed by atoms with Gasteiger partial charge in [0.05, 0.1) is 4.34 Å². The number of rotatable bonds is 3. The molecule has 0 saturated heterocycles. The van der Waals surface area contributed by atoms with E-state index in [1.54, 1.807) is 11.3 Å². The summed E-state index contributed by atoms with van der Waals surface area (Å²) in [7, 11) is 0. The zero-order chi connectivity index (χ0) is 10.8. The number of halogens is 1. The van der Waals surface area contributed by atoms with Gasteiger partial charge >= 0.3 is 0 Å². The molecule has 2 nitrogen and oxygen atoms in total. The topological polar surface area (TPSA) is 29.3 Å². The van der Waals surface area contributed by atoms with Gasteiger partial charge in [-0.25, -0.2) is 0 Å². The summed E-state index contributed by atoms with van der Waals surface area (Å²) in [6.45, 7) is 6.21. The Balaban J connectivity index is 2.20. The molecular weight excluding hydrogens is 228 g/mol. The van der Waals surface area contributed by atoms with Crippen molar-refractivity contribution in [3.05, 3.63) is 20.3 Å². The summed E-state index contributed by atoms with van der Waals surface area (Å²) in [5.74, 6) is 0. The molecular formula is C11H17ClN2S. The van der Waals surface area contributed by atoms with Gasteiger partial charge in [-0.2, -0.15) is 0 Å². The molecule has 2 heterocycles. The summed E-state index contributed by atoms with van der Waals surface area (Å²) in [5.41, 5.74) is 8.34. The summed E-state index contributed by atoms with van der Waals surface area (Å²) in [6.07, 6.45) is 2.34. The first-order chi connectivity index (χ1) is 7.26. The molecule has 1 aromatic rings. The Hall–Kier alpha value is -0.0900. The van der Waals surface area contributed by atoms with Crippen molar-refractivity contribution in [2.45, 2.75) is 32.9 Å². The van der Waals surface area contributed by atoms with Gasteiger partial charge in [-0.05, 0) is 30.5 Å². The van der Waals surface area contributed by atoms with E-state index in [1.807, 2.05) is 0 Å². The van der Waals surface area contributed by atoms with Crippen LogP contribution in [0, 0.1) is 0 Å². The second-order valence-electron chi connectivity index (χ2n) is 3.99. The number of fused-ring (bicyclic) bond motifs is 1. The molecule has 4 heteroatoms. The van der Waals surface area contributed by atoms with E-state index in [9.17, 15) is 0 Å². The van der Waals surface area contributed by atoms with E-state index in [0.717, 1.165) is 23.8 Å². The quantitative estimate of drug-likeness (QED) is 0.886. The average Bonchev–Trinajstić information content (AvgIpc) is 2.53. The molecule has 0 aliphatic carbocycles. The Morgan fingerprint density at radius 1 is 1.53 bits per heavy atom. The SMILES string of the molecule is CCCN1CCc2c(sc(Cl)c2CN)C1. The minimum atomic E-state index is 0.582. The molecule has 2 rings (SSSR count). The molecule has 84 valence electrons. The minimum Gasteiger partial charge on any atom is -0.326 e. The molecule has 0 spiro atoms. The molecule has 0 atom stereocenters. The highest BCUT2D eigenvalue weighted by atomic mass is 35.5. The Morgan fingerprint density at radius 3 is 3.00 bits per heavy atom. The number of nitrogens with two attached hydrogens (primary N) is 1. The first-order valence-corrected chi connectivity index (χ1v) is 6.67. The van der Waals surface area contributed by atoms with Crippen molar-refractivity contribution in [3.63, 3.8) is 0 Å². The molecule has 0 radical (unpaired) electrons. The largest absolute Gasteiger partial charge is 0.326 e. The van der Waals surface area contributed by atoms with Crippen LogP contribution in [0.1, 0.15) is 29.3 Å². The molecule has 0 saturated carbocycles. The highest BCUT2D eigenvalue weighted by molar-refractivity contribution is 7.16. The maximum absolute atomic E-state index is 6.18. The van der Waals surface area contributed by atoms with Gasteiger partial charge in [0.1, 0.15) is 0 Å². The number of hydrogen-bond acceptors (Lipinski definition) is 3. The van der Waals surface area contributed by atoms with Gasteiger partial charge in [-0.1, -0.05) is 18.5 Å². The molecule has 0 amide bonds. The third-order valence-electron chi connectivity index (χ3n) is 2.94. The maximum Gasteiger partial charge on any atom is 0.0979 e.